The van der Waals surface area contributed by atoms with Crippen molar-refractivity contribution in [2.75, 3.05) is 20.0 Å². The van der Waals surface area contributed by atoms with Crippen LogP contribution in [0, 0.1) is 13.8 Å². The molecule has 0 aliphatic heterocycles. The lowest BCUT2D eigenvalue weighted by Crippen LogP contribution is -2.22. The maximum atomic E-state index is 13.5. The number of hydrogen-bond donors (Lipinski definition) is 0. The van der Waals surface area contributed by atoms with Crippen LogP contribution in [0.15, 0.2) is 58.5 Å². The number of rotatable bonds is 8. The summed E-state index contributed by atoms with van der Waals surface area (Å²) in [6, 6.07) is 14.4. The highest BCUT2D eigenvalue weighted by molar-refractivity contribution is 7.99. The van der Waals surface area contributed by atoms with Gasteiger partial charge in [-0.1, -0.05) is 23.9 Å². The van der Waals surface area contributed by atoms with Crippen LogP contribution in [-0.2, 0) is 6.54 Å². The first-order valence-corrected chi connectivity index (χ1v) is 11.9. The predicted molar refractivity (Wildman–Crippen MR) is 135 cm³/mol. The van der Waals surface area contributed by atoms with Crippen molar-refractivity contribution in [3.05, 3.63) is 75.8 Å². The van der Waals surface area contributed by atoms with Gasteiger partial charge in [0.1, 0.15) is 0 Å². The molecule has 4 rings (SSSR count). The van der Waals surface area contributed by atoms with Gasteiger partial charge in [-0.2, -0.15) is 0 Å². The van der Waals surface area contributed by atoms with Crippen molar-refractivity contribution in [2.24, 2.45) is 0 Å². The van der Waals surface area contributed by atoms with Crippen molar-refractivity contribution in [3.63, 3.8) is 0 Å². The highest BCUT2D eigenvalue weighted by Gasteiger charge is 2.19. The van der Waals surface area contributed by atoms with Gasteiger partial charge >= 0.3 is 0 Å². The fourth-order valence-corrected chi connectivity index (χ4v) is 5.07. The summed E-state index contributed by atoms with van der Waals surface area (Å²) < 4.78 is 14.4. The van der Waals surface area contributed by atoms with Gasteiger partial charge in [0.15, 0.2) is 22.4 Å². The van der Waals surface area contributed by atoms with E-state index in [1.54, 1.807) is 44.6 Å². The fourth-order valence-electron chi connectivity index (χ4n) is 4.18. The maximum Gasteiger partial charge on any atom is 0.266 e. The Morgan fingerprint density at radius 3 is 2.44 bits per heavy atom. The van der Waals surface area contributed by atoms with E-state index in [2.05, 4.69) is 11.5 Å². The van der Waals surface area contributed by atoms with Crippen molar-refractivity contribution in [1.29, 1.82) is 0 Å². The highest BCUT2D eigenvalue weighted by Crippen LogP contribution is 2.31. The smallest absolute Gasteiger partial charge is 0.266 e. The molecular weight excluding hydrogens is 450 g/mol. The van der Waals surface area contributed by atoms with Crippen molar-refractivity contribution >= 4 is 28.4 Å². The van der Waals surface area contributed by atoms with E-state index in [1.807, 2.05) is 32.0 Å². The molecule has 176 valence electrons. The second-order valence-corrected chi connectivity index (χ2v) is 8.77. The average molecular weight is 478 g/mol. The topological polar surface area (TPSA) is 75.4 Å². The number of aromatic nitrogens is 3. The van der Waals surface area contributed by atoms with Crippen LogP contribution in [0.25, 0.3) is 16.6 Å². The number of fused-ring (bicyclic) bond motifs is 1. The first-order chi connectivity index (χ1) is 16.4. The van der Waals surface area contributed by atoms with Crippen LogP contribution in [-0.4, -0.2) is 39.9 Å². The van der Waals surface area contributed by atoms with Crippen LogP contribution >= 0.6 is 11.8 Å². The number of carbonyl (C=O) groups excluding carboxylic acids is 1. The fraction of sp³-hybridized carbons (Fsp3) is 0.269. The molecule has 0 amide bonds. The summed E-state index contributed by atoms with van der Waals surface area (Å²) in [6.45, 7) is 6.83. The zero-order valence-corrected chi connectivity index (χ0v) is 20.7. The van der Waals surface area contributed by atoms with Crippen LogP contribution in [0.5, 0.6) is 11.5 Å². The Morgan fingerprint density at radius 2 is 1.76 bits per heavy atom. The lowest BCUT2D eigenvalue weighted by Gasteiger charge is -2.15. The summed E-state index contributed by atoms with van der Waals surface area (Å²) in [7, 11) is 3.10. The molecule has 0 fully saturated rings. The second-order valence-electron chi connectivity index (χ2n) is 7.83. The Labute approximate surface area is 202 Å². The van der Waals surface area contributed by atoms with Crippen molar-refractivity contribution in [2.45, 2.75) is 32.5 Å². The number of methoxy groups -OCH3 is 2. The summed E-state index contributed by atoms with van der Waals surface area (Å²) in [4.78, 5) is 31.4. The molecule has 4 aromatic rings. The van der Waals surface area contributed by atoms with E-state index in [1.165, 1.54) is 16.3 Å². The third kappa shape index (κ3) is 4.21. The monoisotopic (exact) mass is 477 g/mol. The number of thioether (sulfide) groups is 1. The zero-order valence-electron chi connectivity index (χ0n) is 19.9. The van der Waals surface area contributed by atoms with E-state index in [-0.39, 0.29) is 17.1 Å². The lowest BCUT2D eigenvalue weighted by molar-refractivity contribution is 0.102. The number of nitrogens with zero attached hydrogens (tertiary/aromatic N) is 3. The molecule has 2 heterocycles. The molecule has 0 N–H and O–H groups in total. The van der Waals surface area contributed by atoms with Crippen LogP contribution in [0.4, 0.5) is 0 Å². The van der Waals surface area contributed by atoms with E-state index in [0.29, 0.717) is 38.8 Å². The number of hydrogen-bond acceptors (Lipinski definition) is 6. The van der Waals surface area contributed by atoms with Gasteiger partial charge in [-0.3, -0.25) is 14.2 Å². The number of benzene rings is 2. The van der Waals surface area contributed by atoms with Gasteiger partial charge in [0.2, 0.25) is 0 Å². The third-order valence-electron chi connectivity index (χ3n) is 5.89. The molecule has 2 aromatic carbocycles. The normalized spacial score (nSPS) is 11.1. The molecule has 0 saturated heterocycles. The first kappa shape index (κ1) is 23.6. The minimum absolute atomic E-state index is 0.000862. The summed E-state index contributed by atoms with van der Waals surface area (Å²) >= 11 is 1.25. The summed E-state index contributed by atoms with van der Waals surface area (Å²) in [5.74, 6) is 1.22. The molecule has 0 aliphatic carbocycles. The van der Waals surface area contributed by atoms with Crippen LogP contribution in [0.2, 0.25) is 0 Å². The molecule has 0 aliphatic rings. The van der Waals surface area contributed by atoms with Crippen molar-refractivity contribution in [3.8, 4) is 17.2 Å². The van der Waals surface area contributed by atoms with Gasteiger partial charge in [-0.15, -0.1) is 0 Å². The van der Waals surface area contributed by atoms with E-state index in [4.69, 9.17) is 14.5 Å². The molecular formula is C26H27N3O4S. The minimum atomic E-state index is -0.211. The number of ether oxygens (including phenoxy) is 2. The van der Waals surface area contributed by atoms with E-state index in [9.17, 15) is 9.59 Å². The third-order valence-corrected chi connectivity index (χ3v) is 6.83. The lowest BCUT2D eigenvalue weighted by atomic mass is 10.2. The van der Waals surface area contributed by atoms with Crippen molar-refractivity contribution in [1.82, 2.24) is 14.1 Å². The molecule has 0 saturated carbocycles. The van der Waals surface area contributed by atoms with Gasteiger partial charge in [-0.05, 0) is 51.1 Å². The number of Topliss-reactive ketones (excluding diaryl/α,β-unsaturated/α-hetero) is 1. The Balaban J connectivity index is 1.78. The van der Waals surface area contributed by atoms with E-state index >= 15 is 0 Å². The SMILES string of the molecule is CCn1c(C)cc(C(=O)CSc2nc3ccccc3c(=O)n2-c2ccc(OC)c(OC)c2)c1C. The van der Waals surface area contributed by atoms with Crippen molar-refractivity contribution < 1.29 is 14.3 Å². The van der Waals surface area contributed by atoms with Gasteiger partial charge < -0.3 is 14.0 Å². The zero-order chi connectivity index (χ0) is 24.4. The molecule has 0 bridgehead atoms. The molecule has 0 unspecified atom stereocenters. The Bertz CT molecular complexity index is 1440. The molecule has 0 spiro atoms. The Morgan fingerprint density at radius 1 is 1.03 bits per heavy atom. The largest absolute Gasteiger partial charge is 0.493 e. The quantitative estimate of drug-likeness (QED) is 0.206. The van der Waals surface area contributed by atoms with E-state index in [0.717, 1.165) is 17.9 Å². The van der Waals surface area contributed by atoms with Crippen LogP contribution in [0.3, 0.4) is 0 Å². The molecule has 2 aromatic heterocycles. The highest BCUT2D eigenvalue weighted by atomic mass is 32.2. The molecule has 0 atom stereocenters. The number of carbonyl (C=O) groups is 1. The molecule has 0 radical (unpaired) electrons. The van der Waals surface area contributed by atoms with Gasteiger partial charge in [0.25, 0.3) is 5.56 Å². The first-order valence-electron chi connectivity index (χ1n) is 11.0. The molecule has 34 heavy (non-hydrogen) atoms. The summed E-state index contributed by atoms with van der Waals surface area (Å²) in [5, 5.41) is 0.938. The summed E-state index contributed by atoms with van der Waals surface area (Å²) in [5.41, 5.74) is 3.67. The Hall–Kier alpha value is -3.52. The number of para-hydroxylation sites is 1. The Kier molecular flexibility index (Phi) is 6.79. The second kappa shape index (κ2) is 9.77. The molecule has 8 heteroatoms. The standard InChI is InChI=1S/C26H27N3O4S/c1-6-28-16(2)13-20(17(28)3)22(30)15-34-26-27-21-10-8-7-9-19(21)25(31)29(26)18-11-12-23(32-4)24(14-18)33-5/h7-14H,6,15H2,1-5H3. The van der Waals surface area contributed by atoms with Crippen LogP contribution in [0.1, 0.15) is 28.7 Å². The average Bonchev–Trinajstić information content (AvgIpc) is 3.15. The number of aryl methyl sites for hydroxylation is 1. The molecule has 7 nitrogen and oxygen atoms in total. The summed E-state index contributed by atoms with van der Waals surface area (Å²) in [6.07, 6.45) is 0. The maximum absolute atomic E-state index is 13.5. The number of ketones is 1. The van der Waals surface area contributed by atoms with E-state index < -0.39 is 0 Å². The van der Waals surface area contributed by atoms with Gasteiger partial charge in [0, 0.05) is 29.6 Å². The predicted octanol–water partition coefficient (Wildman–Crippen LogP) is 4.82. The van der Waals surface area contributed by atoms with Crippen LogP contribution < -0.4 is 15.0 Å². The minimum Gasteiger partial charge on any atom is -0.493 e. The van der Waals surface area contributed by atoms with Gasteiger partial charge in [-0.25, -0.2) is 4.98 Å². The van der Waals surface area contributed by atoms with Gasteiger partial charge in [0.05, 0.1) is 36.6 Å².